The summed E-state index contributed by atoms with van der Waals surface area (Å²) in [6.07, 6.45) is 7.57. The van der Waals surface area contributed by atoms with Crippen molar-refractivity contribution in [2.75, 3.05) is 36.7 Å². The zero-order valence-electron chi connectivity index (χ0n) is 16.4. The molecule has 0 atom stereocenters. The summed E-state index contributed by atoms with van der Waals surface area (Å²) in [7, 11) is -3.28. The average Bonchev–Trinajstić information content (AvgIpc) is 3.49. The number of piperidine rings is 1. The molecule has 0 unspecified atom stereocenters. The van der Waals surface area contributed by atoms with Gasteiger partial charge >= 0.3 is 0 Å². The summed E-state index contributed by atoms with van der Waals surface area (Å²) >= 11 is 0. The third-order valence-electron chi connectivity index (χ3n) is 5.98. The van der Waals surface area contributed by atoms with Gasteiger partial charge in [0.05, 0.1) is 11.9 Å². The second kappa shape index (κ2) is 8.59. The Labute approximate surface area is 174 Å². The van der Waals surface area contributed by atoms with E-state index in [1.165, 1.54) is 23.4 Å². The first-order valence-electron chi connectivity index (χ1n) is 10.0. The molecule has 28 heavy (non-hydrogen) atoms. The van der Waals surface area contributed by atoms with Crippen molar-refractivity contribution in [3.63, 3.8) is 0 Å². The van der Waals surface area contributed by atoms with Gasteiger partial charge < -0.3 is 10.2 Å². The summed E-state index contributed by atoms with van der Waals surface area (Å²) in [5.74, 6) is 0.946. The van der Waals surface area contributed by atoms with Crippen LogP contribution in [-0.4, -0.2) is 57.7 Å². The fourth-order valence-electron chi connectivity index (χ4n) is 4.16. The molecule has 1 aromatic carbocycles. The molecule has 1 saturated carbocycles. The van der Waals surface area contributed by atoms with E-state index in [1.54, 1.807) is 12.1 Å². The maximum Gasteiger partial charge on any atom is 0.253 e. The van der Waals surface area contributed by atoms with E-state index in [1.807, 2.05) is 11.0 Å². The molecule has 156 valence electrons. The molecule has 1 saturated heterocycles. The first kappa shape index (κ1) is 21.4. The number of nitrogens with one attached hydrogen (secondary N) is 1. The van der Waals surface area contributed by atoms with Crippen molar-refractivity contribution in [1.29, 1.82) is 0 Å². The summed E-state index contributed by atoms with van der Waals surface area (Å²) in [6.45, 7) is 3.21. The van der Waals surface area contributed by atoms with Gasteiger partial charge in [-0.3, -0.25) is 9.10 Å². The summed E-state index contributed by atoms with van der Waals surface area (Å²) in [5.41, 5.74) is 2.36. The number of carbonyl (C=O) groups excluding carboxylic acids is 1. The molecule has 3 aliphatic rings. The van der Waals surface area contributed by atoms with E-state index in [2.05, 4.69) is 5.32 Å². The Bertz CT molecular complexity index is 818. The number of carbonyl (C=O) groups is 1. The quantitative estimate of drug-likeness (QED) is 0.783. The van der Waals surface area contributed by atoms with Gasteiger partial charge in [0.1, 0.15) is 0 Å². The Morgan fingerprint density at radius 3 is 2.50 bits per heavy atom. The molecule has 6 nitrogen and oxygen atoms in total. The lowest BCUT2D eigenvalue weighted by Crippen LogP contribution is -2.45. The van der Waals surface area contributed by atoms with Crippen molar-refractivity contribution in [2.45, 2.75) is 44.6 Å². The van der Waals surface area contributed by atoms with Crippen LogP contribution < -0.4 is 9.62 Å². The SMILES string of the molecule is CS(=O)(=O)N1CCCc2cc(C(=O)N3CCC(NCC4CC4)CC3)ccc21.Cl. The van der Waals surface area contributed by atoms with Crippen LogP contribution in [0, 0.1) is 5.92 Å². The molecule has 2 aliphatic heterocycles. The van der Waals surface area contributed by atoms with Crippen LogP contribution in [0.15, 0.2) is 18.2 Å². The fraction of sp³-hybridized carbons (Fsp3) is 0.650. The van der Waals surface area contributed by atoms with E-state index in [0.29, 0.717) is 18.2 Å². The predicted molar refractivity (Wildman–Crippen MR) is 114 cm³/mol. The molecule has 8 heteroatoms. The second-order valence-corrected chi connectivity index (χ2v) is 10.1. The summed E-state index contributed by atoms with van der Waals surface area (Å²) in [5, 5.41) is 3.64. The Morgan fingerprint density at radius 2 is 1.86 bits per heavy atom. The van der Waals surface area contributed by atoms with Gasteiger partial charge in [-0.05, 0) is 74.8 Å². The molecule has 0 bridgehead atoms. The van der Waals surface area contributed by atoms with Gasteiger partial charge in [-0.25, -0.2) is 8.42 Å². The highest BCUT2D eigenvalue weighted by molar-refractivity contribution is 7.92. The second-order valence-electron chi connectivity index (χ2n) is 8.20. The molecule has 1 N–H and O–H groups in total. The number of likely N-dealkylation sites (tertiary alicyclic amines) is 1. The normalized spacial score (nSPS) is 20.5. The molecule has 0 aromatic heterocycles. The number of fused-ring (bicyclic) bond motifs is 1. The van der Waals surface area contributed by atoms with Crippen molar-refractivity contribution in [1.82, 2.24) is 10.2 Å². The minimum Gasteiger partial charge on any atom is -0.339 e. The predicted octanol–water partition coefficient (Wildman–Crippen LogP) is 2.42. The molecule has 2 fully saturated rings. The summed E-state index contributed by atoms with van der Waals surface area (Å²) < 4.78 is 25.4. The zero-order valence-corrected chi connectivity index (χ0v) is 18.0. The zero-order chi connectivity index (χ0) is 19.0. The lowest BCUT2D eigenvalue weighted by Gasteiger charge is -2.33. The highest BCUT2D eigenvalue weighted by Crippen LogP contribution is 2.31. The van der Waals surface area contributed by atoms with Crippen molar-refractivity contribution in [2.24, 2.45) is 5.92 Å². The summed E-state index contributed by atoms with van der Waals surface area (Å²) in [6, 6.07) is 6.00. The molecule has 4 rings (SSSR count). The topological polar surface area (TPSA) is 69.7 Å². The minimum atomic E-state index is -3.28. The number of rotatable bonds is 5. The lowest BCUT2D eigenvalue weighted by molar-refractivity contribution is 0.0705. The highest BCUT2D eigenvalue weighted by Gasteiger charge is 2.28. The molecular formula is C20H30ClN3O3S. The van der Waals surface area contributed by atoms with Crippen molar-refractivity contribution >= 4 is 34.0 Å². The highest BCUT2D eigenvalue weighted by atomic mass is 35.5. The van der Waals surface area contributed by atoms with Crippen LogP contribution in [-0.2, 0) is 16.4 Å². The first-order valence-corrected chi connectivity index (χ1v) is 11.9. The monoisotopic (exact) mass is 427 g/mol. The van der Waals surface area contributed by atoms with Crippen molar-refractivity contribution < 1.29 is 13.2 Å². The Morgan fingerprint density at radius 1 is 1.14 bits per heavy atom. The molecular weight excluding hydrogens is 398 g/mol. The number of hydrogen-bond acceptors (Lipinski definition) is 4. The molecule has 0 radical (unpaired) electrons. The third kappa shape index (κ3) is 4.81. The van der Waals surface area contributed by atoms with E-state index in [0.717, 1.165) is 62.5 Å². The van der Waals surface area contributed by atoms with Gasteiger partial charge in [-0.2, -0.15) is 0 Å². The number of hydrogen-bond donors (Lipinski definition) is 1. The molecule has 0 spiro atoms. The molecule has 1 amide bonds. The van der Waals surface area contributed by atoms with Gasteiger partial charge in [-0.1, -0.05) is 0 Å². The van der Waals surface area contributed by atoms with E-state index in [9.17, 15) is 13.2 Å². The van der Waals surface area contributed by atoms with Crippen LogP contribution in [0.4, 0.5) is 5.69 Å². The number of amides is 1. The molecule has 1 aromatic rings. The van der Waals surface area contributed by atoms with Crippen LogP contribution in [0.2, 0.25) is 0 Å². The van der Waals surface area contributed by atoms with Crippen molar-refractivity contribution in [3.8, 4) is 0 Å². The van der Waals surface area contributed by atoms with Crippen LogP contribution in [0.1, 0.15) is 48.0 Å². The smallest absolute Gasteiger partial charge is 0.253 e. The number of nitrogens with zero attached hydrogens (tertiary/aromatic N) is 2. The first-order chi connectivity index (χ1) is 12.9. The maximum atomic E-state index is 12.9. The third-order valence-corrected chi connectivity index (χ3v) is 7.16. The van der Waals surface area contributed by atoms with Crippen molar-refractivity contribution in [3.05, 3.63) is 29.3 Å². The van der Waals surface area contributed by atoms with Crippen LogP contribution >= 0.6 is 12.4 Å². The molecule has 1 aliphatic carbocycles. The van der Waals surface area contributed by atoms with Gasteiger partial charge in [0.15, 0.2) is 0 Å². The van der Waals surface area contributed by atoms with Gasteiger partial charge in [0.2, 0.25) is 10.0 Å². The Balaban J connectivity index is 0.00000225. The minimum absolute atomic E-state index is 0. The van der Waals surface area contributed by atoms with Crippen LogP contribution in [0.25, 0.3) is 0 Å². The Kier molecular flexibility index (Phi) is 6.57. The van der Waals surface area contributed by atoms with Gasteiger partial charge in [0, 0.05) is 31.2 Å². The van der Waals surface area contributed by atoms with E-state index >= 15 is 0 Å². The number of sulfonamides is 1. The van der Waals surface area contributed by atoms with Gasteiger partial charge in [0.25, 0.3) is 5.91 Å². The van der Waals surface area contributed by atoms with E-state index < -0.39 is 10.0 Å². The average molecular weight is 428 g/mol. The number of halogens is 1. The molecule has 2 heterocycles. The van der Waals surface area contributed by atoms with E-state index in [-0.39, 0.29) is 18.3 Å². The number of anilines is 1. The van der Waals surface area contributed by atoms with Gasteiger partial charge in [-0.15, -0.1) is 12.4 Å². The van der Waals surface area contributed by atoms with E-state index in [4.69, 9.17) is 0 Å². The standard InChI is InChI=1S/C20H29N3O3S.ClH/c1-27(25,26)23-10-2-3-16-13-17(6-7-19(16)23)20(24)22-11-8-18(9-12-22)21-14-15-4-5-15;/h6-7,13,15,18,21H,2-5,8-12,14H2,1H3;1H. The lowest BCUT2D eigenvalue weighted by atomic mass is 9.99. The van der Waals surface area contributed by atoms with Crippen LogP contribution in [0.5, 0.6) is 0 Å². The summed E-state index contributed by atoms with van der Waals surface area (Å²) in [4.78, 5) is 14.9. The fourth-order valence-corrected chi connectivity index (χ4v) is 5.16. The number of benzene rings is 1. The van der Waals surface area contributed by atoms with Crippen LogP contribution in [0.3, 0.4) is 0 Å². The largest absolute Gasteiger partial charge is 0.339 e. The maximum absolute atomic E-state index is 12.9. The number of aryl methyl sites for hydroxylation is 1. The Hall–Kier alpha value is -1.31.